The maximum absolute atomic E-state index is 12.8. The highest BCUT2D eigenvalue weighted by Crippen LogP contribution is 2.52. The van der Waals surface area contributed by atoms with Gasteiger partial charge in [0.05, 0.1) is 45.0 Å². The predicted molar refractivity (Wildman–Crippen MR) is 124 cm³/mol. The van der Waals surface area contributed by atoms with Crippen molar-refractivity contribution in [1.29, 1.82) is 0 Å². The summed E-state index contributed by atoms with van der Waals surface area (Å²) >= 11 is 4.85. The van der Waals surface area contributed by atoms with Gasteiger partial charge in [-0.25, -0.2) is 4.52 Å². The maximum atomic E-state index is 12.8. The normalized spacial score (nSPS) is 17.4. The largest absolute Gasteiger partial charge is 0.325 e. The van der Waals surface area contributed by atoms with Crippen LogP contribution in [-0.4, -0.2) is 50.9 Å². The lowest BCUT2D eigenvalue weighted by atomic mass is 10.1. The van der Waals surface area contributed by atoms with E-state index in [0.717, 1.165) is 28.3 Å². The second-order valence-corrected chi connectivity index (χ2v) is 10.9. The summed E-state index contributed by atoms with van der Waals surface area (Å²) in [5, 5.41) is 10.0. The van der Waals surface area contributed by atoms with Gasteiger partial charge in [-0.05, 0) is 60.1 Å². The highest BCUT2D eigenvalue weighted by molar-refractivity contribution is 9.11. The highest BCUT2D eigenvalue weighted by Gasteiger charge is 2.47. The molecule has 1 saturated heterocycles. The third kappa shape index (κ3) is 4.37. The maximum Gasteiger partial charge on any atom is 0.260 e. The summed E-state index contributed by atoms with van der Waals surface area (Å²) in [4.78, 5) is 32.7. The number of thiazole rings is 1. The van der Waals surface area contributed by atoms with Crippen LogP contribution in [0.4, 0.5) is 11.4 Å². The van der Waals surface area contributed by atoms with Gasteiger partial charge in [-0.1, -0.05) is 0 Å². The third-order valence-corrected chi connectivity index (χ3v) is 7.75. The molecule has 162 valence electrons. The fourth-order valence-corrected chi connectivity index (χ4v) is 5.56. The van der Waals surface area contributed by atoms with Crippen LogP contribution in [0.5, 0.6) is 0 Å². The minimum Gasteiger partial charge on any atom is -0.325 e. The van der Waals surface area contributed by atoms with Crippen LogP contribution in [-0.2, 0) is 4.79 Å². The van der Waals surface area contributed by atoms with Crippen molar-refractivity contribution in [2.75, 3.05) is 30.3 Å². The van der Waals surface area contributed by atoms with Crippen molar-refractivity contribution in [3.05, 3.63) is 39.7 Å². The molecular formula is C21H23BrN6O2S. The van der Waals surface area contributed by atoms with Crippen molar-refractivity contribution in [2.24, 2.45) is 5.41 Å². The third-order valence-electron chi connectivity index (χ3n) is 6.16. The number of fused-ring (bicyclic) bond motifs is 1. The van der Waals surface area contributed by atoms with Crippen LogP contribution in [0.1, 0.15) is 41.7 Å². The number of anilines is 2. The molecule has 2 aliphatic rings. The summed E-state index contributed by atoms with van der Waals surface area (Å²) in [6.07, 6.45) is 9.38. The Balaban J connectivity index is 1.21. The zero-order valence-electron chi connectivity index (χ0n) is 17.2. The number of carbonyl (C=O) groups is 2. The van der Waals surface area contributed by atoms with Crippen LogP contribution >= 0.6 is 27.3 Å². The summed E-state index contributed by atoms with van der Waals surface area (Å²) in [6.45, 7) is 4.83. The van der Waals surface area contributed by atoms with E-state index in [4.69, 9.17) is 0 Å². The van der Waals surface area contributed by atoms with Crippen molar-refractivity contribution >= 4 is 55.3 Å². The SMILES string of the molecule is Cc1ncc(NC(=O)CCN2CCC3(CC3)C2)cc1NC(=O)c1cnn2cc(Br)sc12. The lowest BCUT2D eigenvalue weighted by molar-refractivity contribution is -0.116. The summed E-state index contributed by atoms with van der Waals surface area (Å²) in [6, 6.07) is 1.75. The summed E-state index contributed by atoms with van der Waals surface area (Å²) in [7, 11) is 0. The Morgan fingerprint density at radius 3 is 2.87 bits per heavy atom. The van der Waals surface area contributed by atoms with E-state index in [-0.39, 0.29) is 11.8 Å². The minimum atomic E-state index is -0.263. The van der Waals surface area contributed by atoms with Gasteiger partial charge in [-0.3, -0.25) is 14.6 Å². The number of amides is 2. The number of aromatic nitrogens is 3. The van der Waals surface area contributed by atoms with Crippen LogP contribution in [0, 0.1) is 12.3 Å². The first-order valence-corrected chi connectivity index (χ1v) is 11.9. The summed E-state index contributed by atoms with van der Waals surface area (Å²) < 4.78 is 2.56. The van der Waals surface area contributed by atoms with Crippen LogP contribution in [0.15, 0.2) is 28.4 Å². The summed E-state index contributed by atoms with van der Waals surface area (Å²) in [5.41, 5.74) is 2.88. The number of carbonyl (C=O) groups excluding carboxylic acids is 2. The summed E-state index contributed by atoms with van der Waals surface area (Å²) in [5.74, 6) is -0.303. The van der Waals surface area contributed by atoms with E-state index in [1.54, 1.807) is 23.0 Å². The van der Waals surface area contributed by atoms with Gasteiger partial charge >= 0.3 is 0 Å². The standard InChI is InChI=1S/C21H23BrN6O2S/c1-13-16(26-19(30)15-10-24-28-11-17(22)31-20(15)28)8-14(9-23-13)25-18(29)2-6-27-7-5-21(12-27)3-4-21/h8-11H,2-7,12H2,1H3,(H,25,29)(H,26,30). The van der Waals surface area contributed by atoms with Crippen molar-refractivity contribution in [2.45, 2.75) is 32.6 Å². The fourth-order valence-electron chi connectivity index (χ4n) is 4.12. The molecule has 1 spiro atoms. The zero-order valence-corrected chi connectivity index (χ0v) is 19.6. The zero-order chi connectivity index (χ0) is 21.6. The molecule has 5 rings (SSSR count). The molecule has 8 nitrogen and oxygen atoms in total. The van der Waals surface area contributed by atoms with Gasteiger partial charge in [-0.15, -0.1) is 11.3 Å². The smallest absolute Gasteiger partial charge is 0.260 e. The molecule has 0 bridgehead atoms. The molecular weight excluding hydrogens is 480 g/mol. The first-order valence-electron chi connectivity index (χ1n) is 10.3. The molecule has 0 radical (unpaired) electrons. The monoisotopic (exact) mass is 502 g/mol. The number of nitrogens with zero attached hydrogens (tertiary/aromatic N) is 4. The number of rotatable bonds is 6. The molecule has 4 heterocycles. The molecule has 1 aliphatic carbocycles. The van der Waals surface area contributed by atoms with Crippen LogP contribution < -0.4 is 10.6 Å². The Labute approximate surface area is 192 Å². The van der Waals surface area contributed by atoms with Crippen molar-refractivity contribution in [3.63, 3.8) is 0 Å². The number of hydrogen-bond acceptors (Lipinski definition) is 6. The molecule has 10 heteroatoms. The number of pyridine rings is 1. The number of aryl methyl sites for hydroxylation is 1. The predicted octanol–water partition coefficient (Wildman–Crippen LogP) is 3.93. The first-order chi connectivity index (χ1) is 14.9. The molecule has 31 heavy (non-hydrogen) atoms. The highest BCUT2D eigenvalue weighted by atomic mass is 79.9. The fraction of sp³-hybridized carbons (Fsp3) is 0.429. The van der Waals surface area contributed by atoms with E-state index in [2.05, 4.69) is 41.5 Å². The van der Waals surface area contributed by atoms with Gasteiger partial charge in [0.15, 0.2) is 0 Å². The topological polar surface area (TPSA) is 91.6 Å². The quantitative estimate of drug-likeness (QED) is 0.532. The van der Waals surface area contributed by atoms with Gasteiger partial charge in [-0.2, -0.15) is 5.10 Å². The van der Waals surface area contributed by atoms with Crippen molar-refractivity contribution in [3.8, 4) is 0 Å². The number of hydrogen-bond donors (Lipinski definition) is 2. The van der Waals surface area contributed by atoms with Gasteiger partial charge in [0.2, 0.25) is 5.91 Å². The molecule has 1 aliphatic heterocycles. The van der Waals surface area contributed by atoms with Crippen LogP contribution in [0.2, 0.25) is 0 Å². The number of halogens is 1. The average Bonchev–Trinajstić information content (AvgIpc) is 3.02. The Bertz CT molecular complexity index is 1170. The van der Waals surface area contributed by atoms with Gasteiger partial charge < -0.3 is 15.5 Å². The molecule has 2 fully saturated rings. The molecule has 3 aromatic rings. The molecule has 2 N–H and O–H groups in total. The van der Waals surface area contributed by atoms with Gasteiger partial charge in [0.1, 0.15) is 4.83 Å². The Kier molecular flexibility index (Phi) is 5.31. The van der Waals surface area contributed by atoms with E-state index in [9.17, 15) is 9.59 Å². The van der Waals surface area contributed by atoms with Gasteiger partial charge in [0, 0.05) is 19.5 Å². The first kappa shape index (κ1) is 20.6. The van der Waals surface area contributed by atoms with Gasteiger partial charge in [0.25, 0.3) is 5.91 Å². The number of likely N-dealkylation sites (tertiary alicyclic amines) is 1. The van der Waals surface area contributed by atoms with E-state index < -0.39 is 0 Å². The van der Waals surface area contributed by atoms with E-state index >= 15 is 0 Å². The average molecular weight is 503 g/mol. The van der Waals surface area contributed by atoms with E-state index in [1.165, 1.54) is 30.6 Å². The Hall–Kier alpha value is -2.30. The molecule has 0 atom stereocenters. The van der Waals surface area contributed by atoms with Crippen molar-refractivity contribution < 1.29 is 9.59 Å². The Morgan fingerprint density at radius 1 is 1.26 bits per heavy atom. The van der Waals surface area contributed by atoms with E-state index in [1.807, 2.05) is 13.1 Å². The second-order valence-electron chi connectivity index (χ2n) is 8.48. The molecule has 0 aromatic carbocycles. The lowest BCUT2D eigenvalue weighted by Crippen LogP contribution is -2.26. The Morgan fingerprint density at radius 2 is 2.10 bits per heavy atom. The van der Waals surface area contributed by atoms with Crippen LogP contribution in [0.25, 0.3) is 4.83 Å². The van der Waals surface area contributed by atoms with Crippen molar-refractivity contribution in [1.82, 2.24) is 19.5 Å². The van der Waals surface area contributed by atoms with E-state index in [0.29, 0.717) is 34.5 Å². The second kappa shape index (κ2) is 7.99. The van der Waals surface area contributed by atoms with Crippen LogP contribution in [0.3, 0.4) is 0 Å². The lowest BCUT2D eigenvalue weighted by Gasteiger charge is -2.15. The molecule has 3 aromatic heterocycles. The minimum absolute atomic E-state index is 0.0403. The molecule has 2 amide bonds. The molecule has 0 unspecified atom stereocenters. The number of nitrogens with one attached hydrogen (secondary N) is 2. The molecule has 1 saturated carbocycles.